The molecule has 0 saturated carbocycles. The second kappa shape index (κ2) is 7.95. The van der Waals surface area contributed by atoms with Gasteiger partial charge in [-0.05, 0) is 35.7 Å². The summed E-state index contributed by atoms with van der Waals surface area (Å²) >= 11 is 1.65. The van der Waals surface area contributed by atoms with E-state index in [2.05, 4.69) is 42.6 Å². The van der Waals surface area contributed by atoms with Gasteiger partial charge in [0, 0.05) is 10.4 Å². The number of amides is 1. The zero-order valence-corrected chi connectivity index (χ0v) is 16.8. The largest absolute Gasteiger partial charge is 0.351 e. The Bertz CT molecular complexity index is 1140. The molecule has 28 heavy (non-hydrogen) atoms. The maximum Gasteiger partial charge on any atom is 0.224 e. The third kappa shape index (κ3) is 3.82. The van der Waals surface area contributed by atoms with Crippen molar-refractivity contribution in [2.45, 2.75) is 26.8 Å². The molecule has 0 saturated heterocycles. The Balaban J connectivity index is 1.46. The predicted octanol–water partition coefficient (Wildman–Crippen LogP) is 5.44. The molecule has 1 amide bonds. The van der Waals surface area contributed by atoms with Crippen molar-refractivity contribution in [1.29, 1.82) is 0 Å². The fourth-order valence-corrected chi connectivity index (χ4v) is 4.47. The van der Waals surface area contributed by atoms with Crippen LogP contribution in [0.5, 0.6) is 0 Å². The van der Waals surface area contributed by atoms with Crippen molar-refractivity contribution < 1.29 is 4.79 Å². The van der Waals surface area contributed by atoms with Crippen LogP contribution in [0.15, 0.2) is 66.7 Å². The van der Waals surface area contributed by atoms with Gasteiger partial charge < -0.3 is 5.32 Å². The molecule has 0 spiro atoms. The van der Waals surface area contributed by atoms with Crippen molar-refractivity contribution in [1.82, 2.24) is 10.3 Å². The molecule has 4 heteroatoms. The third-order valence-electron chi connectivity index (χ3n) is 4.95. The fourth-order valence-electron chi connectivity index (χ4n) is 3.38. The van der Waals surface area contributed by atoms with Gasteiger partial charge in [-0.2, -0.15) is 0 Å². The molecule has 0 fully saturated rings. The van der Waals surface area contributed by atoms with Crippen LogP contribution in [0.3, 0.4) is 0 Å². The first kappa shape index (κ1) is 18.4. The summed E-state index contributed by atoms with van der Waals surface area (Å²) < 4.78 is 0. The van der Waals surface area contributed by atoms with Gasteiger partial charge in [-0.3, -0.25) is 4.79 Å². The number of nitrogens with zero attached hydrogens (tertiary/aromatic N) is 1. The van der Waals surface area contributed by atoms with Crippen LogP contribution in [0.4, 0.5) is 0 Å². The summed E-state index contributed by atoms with van der Waals surface area (Å²) in [5, 5.41) is 6.37. The Kier molecular flexibility index (Phi) is 5.22. The number of rotatable bonds is 5. The van der Waals surface area contributed by atoms with E-state index in [-0.39, 0.29) is 5.91 Å². The SMILES string of the molecule is Cc1ccccc1-c1nc(C)c(CNC(=O)Cc2cccc3ccccc23)s1. The zero-order valence-electron chi connectivity index (χ0n) is 16.0. The molecule has 140 valence electrons. The van der Waals surface area contributed by atoms with E-state index in [1.54, 1.807) is 11.3 Å². The first-order valence-corrected chi connectivity index (χ1v) is 10.2. The lowest BCUT2D eigenvalue weighted by Gasteiger charge is -2.07. The summed E-state index contributed by atoms with van der Waals surface area (Å²) in [5.74, 6) is 0.0293. The van der Waals surface area contributed by atoms with Gasteiger partial charge in [-0.15, -0.1) is 11.3 Å². The molecule has 3 nitrogen and oxygen atoms in total. The lowest BCUT2D eigenvalue weighted by molar-refractivity contribution is -0.120. The standard InChI is InChI=1S/C24H22N2OS/c1-16-8-3-5-12-20(16)24-26-17(2)22(28-24)15-25-23(27)14-19-11-7-10-18-9-4-6-13-21(18)19/h3-13H,14-15H2,1-2H3,(H,25,27). The smallest absolute Gasteiger partial charge is 0.224 e. The molecule has 0 aliphatic carbocycles. The van der Waals surface area contributed by atoms with Gasteiger partial charge in [-0.1, -0.05) is 66.7 Å². The van der Waals surface area contributed by atoms with E-state index in [9.17, 15) is 4.79 Å². The average molecular weight is 387 g/mol. The molecule has 1 N–H and O–H groups in total. The second-order valence-corrected chi connectivity index (χ2v) is 8.02. The Hall–Kier alpha value is -2.98. The summed E-state index contributed by atoms with van der Waals surface area (Å²) in [7, 11) is 0. The highest BCUT2D eigenvalue weighted by atomic mass is 32.1. The van der Waals surface area contributed by atoms with Gasteiger partial charge in [0.25, 0.3) is 0 Å². The van der Waals surface area contributed by atoms with Gasteiger partial charge in [0.2, 0.25) is 5.91 Å². The van der Waals surface area contributed by atoms with E-state index in [0.29, 0.717) is 13.0 Å². The number of aryl methyl sites for hydroxylation is 2. The van der Waals surface area contributed by atoms with Crippen LogP contribution in [0.25, 0.3) is 21.3 Å². The molecular formula is C24H22N2OS. The minimum absolute atomic E-state index is 0.0293. The monoisotopic (exact) mass is 386 g/mol. The van der Waals surface area contributed by atoms with Gasteiger partial charge in [-0.25, -0.2) is 4.98 Å². The van der Waals surface area contributed by atoms with Crippen molar-refractivity contribution >= 4 is 28.0 Å². The summed E-state index contributed by atoms with van der Waals surface area (Å²) in [4.78, 5) is 18.4. The number of carbonyl (C=O) groups excluding carboxylic acids is 1. The Morgan fingerprint density at radius 1 is 0.964 bits per heavy atom. The van der Waals surface area contributed by atoms with Crippen LogP contribution >= 0.6 is 11.3 Å². The molecule has 1 aromatic heterocycles. The molecular weight excluding hydrogens is 364 g/mol. The lowest BCUT2D eigenvalue weighted by Crippen LogP contribution is -2.24. The Morgan fingerprint density at radius 3 is 2.57 bits per heavy atom. The van der Waals surface area contributed by atoms with Crippen LogP contribution in [0, 0.1) is 13.8 Å². The molecule has 0 radical (unpaired) electrons. The lowest BCUT2D eigenvalue weighted by atomic mass is 10.0. The molecule has 0 aliphatic rings. The number of benzene rings is 3. The quantitative estimate of drug-likeness (QED) is 0.496. The van der Waals surface area contributed by atoms with E-state index in [1.165, 1.54) is 5.56 Å². The Morgan fingerprint density at radius 2 is 1.71 bits per heavy atom. The molecule has 4 rings (SSSR count). The van der Waals surface area contributed by atoms with Gasteiger partial charge in [0.1, 0.15) is 5.01 Å². The van der Waals surface area contributed by atoms with Crippen molar-refractivity contribution in [3.05, 3.63) is 88.4 Å². The molecule has 3 aromatic carbocycles. The topological polar surface area (TPSA) is 42.0 Å². The number of nitrogens with one attached hydrogen (secondary N) is 1. The van der Waals surface area contributed by atoms with E-state index in [1.807, 2.05) is 43.3 Å². The van der Waals surface area contributed by atoms with Crippen LogP contribution in [0.2, 0.25) is 0 Å². The van der Waals surface area contributed by atoms with Crippen LogP contribution < -0.4 is 5.32 Å². The molecule has 0 aliphatic heterocycles. The highest BCUT2D eigenvalue weighted by Crippen LogP contribution is 2.30. The van der Waals surface area contributed by atoms with Crippen molar-refractivity contribution in [2.24, 2.45) is 0 Å². The van der Waals surface area contributed by atoms with E-state index >= 15 is 0 Å². The second-order valence-electron chi connectivity index (χ2n) is 6.93. The zero-order chi connectivity index (χ0) is 19.5. The van der Waals surface area contributed by atoms with Crippen molar-refractivity contribution in [3.8, 4) is 10.6 Å². The first-order chi connectivity index (χ1) is 13.6. The average Bonchev–Trinajstić information content (AvgIpc) is 3.07. The predicted molar refractivity (Wildman–Crippen MR) is 117 cm³/mol. The summed E-state index contributed by atoms with van der Waals surface area (Å²) in [6.45, 7) is 4.61. The summed E-state index contributed by atoms with van der Waals surface area (Å²) in [6.07, 6.45) is 0.379. The summed E-state index contributed by atoms with van der Waals surface area (Å²) in [6, 6.07) is 22.5. The van der Waals surface area contributed by atoms with Crippen LogP contribution in [-0.2, 0) is 17.8 Å². The number of hydrogen-bond acceptors (Lipinski definition) is 3. The Labute approximate surface area is 169 Å². The van der Waals surface area contributed by atoms with Crippen molar-refractivity contribution in [3.63, 3.8) is 0 Å². The first-order valence-electron chi connectivity index (χ1n) is 9.37. The van der Waals surface area contributed by atoms with Gasteiger partial charge >= 0.3 is 0 Å². The van der Waals surface area contributed by atoms with E-state index in [0.717, 1.165) is 37.5 Å². The molecule has 0 unspecified atom stereocenters. The minimum Gasteiger partial charge on any atom is -0.351 e. The highest BCUT2D eigenvalue weighted by molar-refractivity contribution is 7.15. The minimum atomic E-state index is 0.0293. The highest BCUT2D eigenvalue weighted by Gasteiger charge is 2.13. The normalized spacial score (nSPS) is 10.9. The number of fused-ring (bicyclic) bond motifs is 1. The van der Waals surface area contributed by atoms with Gasteiger partial charge in [0.05, 0.1) is 18.7 Å². The fraction of sp³-hybridized carbons (Fsp3) is 0.167. The maximum atomic E-state index is 12.5. The number of hydrogen-bond donors (Lipinski definition) is 1. The maximum absolute atomic E-state index is 12.5. The van der Waals surface area contributed by atoms with E-state index < -0.39 is 0 Å². The summed E-state index contributed by atoms with van der Waals surface area (Å²) in [5.41, 5.74) is 4.40. The molecule has 4 aromatic rings. The number of thiazole rings is 1. The van der Waals surface area contributed by atoms with E-state index in [4.69, 9.17) is 4.98 Å². The number of carbonyl (C=O) groups is 1. The molecule has 0 bridgehead atoms. The number of aromatic nitrogens is 1. The molecule has 1 heterocycles. The molecule has 0 atom stereocenters. The van der Waals surface area contributed by atoms with Crippen molar-refractivity contribution in [2.75, 3.05) is 0 Å². The van der Waals surface area contributed by atoms with Crippen LogP contribution in [-0.4, -0.2) is 10.9 Å². The van der Waals surface area contributed by atoms with Crippen LogP contribution in [0.1, 0.15) is 21.7 Å². The van der Waals surface area contributed by atoms with Gasteiger partial charge in [0.15, 0.2) is 0 Å². The third-order valence-corrected chi connectivity index (χ3v) is 6.14.